The van der Waals surface area contributed by atoms with E-state index >= 15 is 0 Å². The van der Waals surface area contributed by atoms with Crippen LogP contribution < -0.4 is 0 Å². The number of halogens is 6. The lowest BCUT2D eigenvalue weighted by Crippen LogP contribution is -2.41. The SMILES string of the molecule is C[C@]1(C(=O)O)CC[C@H](n2ncc(C(=O)N(C[C@H](O)c3c(Cl)cncc3Cl)CC3(F)CC3)c2C(F)(F)F)CC1. The number of carbonyl (C=O) groups is 2. The van der Waals surface area contributed by atoms with Crippen LogP contribution in [0.4, 0.5) is 17.6 Å². The molecule has 208 valence electrons. The Morgan fingerprint density at radius 3 is 2.24 bits per heavy atom. The molecule has 0 bridgehead atoms. The average molecular weight is 581 g/mol. The number of hydrogen-bond donors (Lipinski definition) is 2. The number of nitrogens with zero attached hydrogens (tertiary/aromatic N) is 4. The van der Waals surface area contributed by atoms with Gasteiger partial charge in [0, 0.05) is 18.0 Å². The minimum Gasteiger partial charge on any atom is -0.481 e. The van der Waals surface area contributed by atoms with E-state index in [0.29, 0.717) is 0 Å². The maximum absolute atomic E-state index is 14.8. The van der Waals surface area contributed by atoms with Crippen LogP contribution in [0.2, 0.25) is 10.0 Å². The molecule has 2 N–H and O–H groups in total. The normalized spacial score (nSPS) is 23.6. The van der Waals surface area contributed by atoms with Gasteiger partial charge >= 0.3 is 12.1 Å². The third kappa shape index (κ3) is 5.76. The third-order valence-electron chi connectivity index (χ3n) is 7.39. The van der Waals surface area contributed by atoms with Crippen LogP contribution in [-0.4, -0.2) is 60.5 Å². The molecule has 2 aliphatic carbocycles. The highest BCUT2D eigenvalue weighted by molar-refractivity contribution is 6.35. The number of pyridine rings is 1. The summed E-state index contributed by atoms with van der Waals surface area (Å²) in [6, 6.07) is -0.773. The second-order valence-corrected chi connectivity index (χ2v) is 11.1. The molecule has 0 aliphatic heterocycles. The number of aromatic nitrogens is 3. The van der Waals surface area contributed by atoms with Gasteiger partial charge in [-0.2, -0.15) is 18.3 Å². The summed E-state index contributed by atoms with van der Waals surface area (Å²) in [7, 11) is 0. The predicted molar refractivity (Wildman–Crippen MR) is 129 cm³/mol. The summed E-state index contributed by atoms with van der Waals surface area (Å²) in [5.74, 6) is -2.17. The van der Waals surface area contributed by atoms with E-state index in [1.54, 1.807) is 6.92 Å². The van der Waals surface area contributed by atoms with Gasteiger partial charge < -0.3 is 15.1 Å². The van der Waals surface area contributed by atoms with Crippen LogP contribution in [-0.2, 0) is 11.0 Å². The van der Waals surface area contributed by atoms with E-state index in [1.165, 1.54) is 12.4 Å². The predicted octanol–water partition coefficient (Wildman–Crippen LogP) is 5.49. The molecular formula is C24H26Cl2F4N4O4. The van der Waals surface area contributed by atoms with Gasteiger partial charge in [0.15, 0.2) is 5.69 Å². The molecule has 2 aromatic rings. The van der Waals surface area contributed by atoms with Gasteiger partial charge in [-0.25, -0.2) is 4.39 Å². The molecule has 4 rings (SSSR count). The molecule has 1 atom stereocenters. The Morgan fingerprint density at radius 1 is 1.16 bits per heavy atom. The van der Waals surface area contributed by atoms with Gasteiger partial charge in [-0.15, -0.1) is 0 Å². The van der Waals surface area contributed by atoms with Crippen LogP contribution in [0.1, 0.15) is 79.2 Å². The largest absolute Gasteiger partial charge is 0.481 e. The van der Waals surface area contributed by atoms with Crippen molar-refractivity contribution in [1.82, 2.24) is 19.7 Å². The van der Waals surface area contributed by atoms with E-state index in [1.807, 2.05) is 0 Å². The van der Waals surface area contributed by atoms with E-state index in [4.69, 9.17) is 23.2 Å². The van der Waals surface area contributed by atoms with E-state index < -0.39 is 65.6 Å². The van der Waals surface area contributed by atoms with Gasteiger partial charge in [0.1, 0.15) is 5.67 Å². The minimum absolute atomic E-state index is 0.0141. The lowest BCUT2D eigenvalue weighted by molar-refractivity contribution is -0.152. The lowest BCUT2D eigenvalue weighted by atomic mass is 9.74. The van der Waals surface area contributed by atoms with E-state index in [9.17, 15) is 37.4 Å². The van der Waals surface area contributed by atoms with Crippen LogP contribution >= 0.6 is 23.2 Å². The molecule has 2 heterocycles. The van der Waals surface area contributed by atoms with Crippen molar-refractivity contribution >= 4 is 35.1 Å². The second kappa shape index (κ2) is 10.3. The molecule has 0 unspecified atom stereocenters. The highest BCUT2D eigenvalue weighted by atomic mass is 35.5. The number of hydrogen-bond acceptors (Lipinski definition) is 5. The quantitative estimate of drug-likeness (QED) is 0.400. The summed E-state index contributed by atoms with van der Waals surface area (Å²) < 4.78 is 58.4. The van der Waals surface area contributed by atoms with Crippen molar-refractivity contribution in [3.63, 3.8) is 0 Å². The van der Waals surface area contributed by atoms with Crippen LogP contribution in [0, 0.1) is 5.41 Å². The smallest absolute Gasteiger partial charge is 0.433 e. The molecule has 2 fully saturated rings. The first kappa shape index (κ1) is 28.6. The van der Waals surface area contributed by atoms with Crippen molar-refractivity contribution in [3.05, 3.63) is 45.5 Å². The second-order valence-electron chi connectivity index (χ2n) is 10.3. The topological polar surface area (TPSA) is 109 Å². The first-order valence-electron chi connectivity index (χ1n) is 12.0. The first-order valence-corrected chi connectivity index (χ1v) is 12.7. The number of carboxylic acid groups (broad SMARTS) is 1. The Labute approximate surface area is 225 Å². The summed E-state index contributed by atoms with van der Waals surface area (Å²) in [4.78, 5) is 29.6. The monoisotopic (exact) mass is 580 g/mol. The average Bonchev–Trinajstić information content (AvgIpc) is 3.37. The number of amides is 1. The minimum atomic E-state index is -4.98. The maximum Gasteiger partial charge on any atom is 0.433 e. The highest BCUT2D eigenvalue weighted by Crippen LogP contribution is 2.45. The fourth-order valence-electron chi connectivity index (χ4n) is 4.84. The Bertz CT molecular complexity index is 1210. The lowest BCUT2D eigenvalue weighted by Gasteiger charge is -2.34. The summed E-state index contributed by atoms with van der Waals surface area (Å²) in [6.07, 6.45) is -2.52. The standard InChI is InChI=1S/C24H26Cl2F4N4O4/c1-22(21(37)38)4-2-13(3-5-22)34-19(24(28,29)30)14(8-32-34)20(36)33(12-23(27)6-7-23)11-17(35)18-15(25)9-31-10-16(18)26/h8-10,13,17,35H,2-7,11-12H2,1H3,(H,37,38)/t13-,17-,22-/m0/s1. The molecular weight excluding hydrogens is 555 g/mol. The van der Waals surface area contributed by atoms with Crippen molar-refractivity contribution in [1.29, 1.82) is 0 Å². The van der Waals surface area contributed by atoms with E-state index in [-0.39, 0.29) is 54.1 Å². The Hall–Kier alpha value is -2.44. The van der Waals surface area contributed by atoms with Crippen molar-refractivity contribution in [2.75, 3.05) is 13.1 Å². The van der Waals surface area contributed by atoms with Crippen LogP contribution in [0.5, 0.6) is 0 Å². The van der Waals surface area contributed by atoms with Crippen molar-refractivity contribution in [2.45, 2.75) is 69.4 Å². The van der Waals surface area contributed by atoms with Gasteiger partial charge in [-0.3, -0.25) is 19.3 Å². The van der Waals surface area contributed by atoms with Crippen LogP contribution in [0.15, 0.2) is 18.6 Å². The maximum atomic E-state index is 14.8. The fourth-order valence-corrected chi connectivity index (χ4v) is 5.46. The zero-order valence-corrected chi connectivity index (χ0v) is 21.8. The Kier molecular flexibility index (Phi) is 7.72. The van der Waals surface area contributed by atoms with Crippen molar-refractivity contribution in [2.24, 2.45) is 5.41 Å². The molecule has 0 aromatic carbocycles. The van der Waals surface area contributed by atoms with E-state index in [2.05, 4.69) is 10.1 Å². The molecule has 2 aromatic heterocycles. The zero-order valence-electron chi connectivity index (χ0n) is 20.3. The van der Waals surface area contributed by atoms with Crippen molar-refractivity contribution < 1.29 is 37.4 Å². The Morgan fingerprint density at radius 2 is 1.74 bits per heavy atom. The molecule has 38 heavy (non-hydrogen) atoms. The van der Waals surface area contributed by atoms with Gasteiger partial charge in [0.2, 0.25) is 0 Å². The third-order valence-corrected chi connectivity index (χ3v) is 7.99. The number of rotatable bonds is 8. The first-order chi connectivity index (χ1) is 17.7. The number of aliphatic hydroxyl groups excluding tert-OH is 1. The molecule has 2 saturated carbocycles. The number of aliphatic carboxylic acids is 1. The number of aliphatic hydroxyl groups is 1. The summed E-state index contributed by atoms with van der Waals surface area (Å²) in [6.45, 7) is 0.437. The fraction of sp³-hybridized carbons (Fsp3) is 0.583. The summed E-state index contributed by atoms with van der Waals surface area (Å²) in [5.41, 5.74) is -4.90. The summed E-state index contributed by atoms with van der Waals surface area (Å²) in [5, 5.41) is 24.1. The van der Waals surface area contributed by atoms with Gasteiger partial charge in [0.05, 0.1) is 52.5 Å². The van der Waals surface area contributed by atoms with Gasteiger partial charge in [-0.05, 0) is 45.4 Å². The molecule has 0 saturated heterocycles. The van der Waals surface area contributed by atoms with Gasteiger partial charge in [0.25, 0.3) is 5.91 Å². The number of carbonyl (C=O) groups excluding carboxylic acids is 1. The highest BCUT2D eigenvalue weighted by Gasteiger charge is 2.48. The van der Waals surface area contributed by atoms with Crippen molar-refractivity contribution in [3.8, 4) is 0 Å². The zero-order chi connectivity index (χ0) is 28.0. The molecule has 0 spiro atoms. The number of alkyl halides is 4. The molecule has 8 nitrogen and oxygen atoms in total. The molecule has 2 aliphatic rings. The van der Waals surface area contributed by atoms with E-state index in [0.717, 1.165) is 15.8 Å². The van der Waals surface area contributed by atoms with Gasteiger partial charge in [-0.1, -0.05) is 23.2 Å². The molecule has 0 radical (unpaired) electrons. The van der Waals surface area contributed by atoms with Crippen LogP contribution in [0.25, 0.3) is 0 Å². The summed E-state index contributed by atoms with van der Waals surface area (Å²) >= 11 is 12.2. The number of carboxylic acids is 1. The molecule has 14 heteroatoms. The molecule has 1 amide bonds. The van der Waals surface area contributed by atoms with Crippen LogP contribution in [0.3, 0.4) is 0 Å². The Balaban J connectivity index is 1.65.